The van der Waals surface area contributed by atoms with E-state index in [1.165, 1.54) is 11.3 Å². The van der Waals surface area contributed by atoms with Crippen molar-refractivity contribution >= 4 is 39.0 Å². The molecule has 0 spiro atoms. The van der Waals surface area contributed by atoms with E-state index in [-0.39, 0.29) is 11.5 Å². The quantitative estimate of drug-likeness (QED) is 0.724. The fourth-order valence-corrected chi connectivity index (χ4v) is 2.19. The second kappa shape index (κ2) is 4.08. The smallest absolute Gasteiger partial charge is 0.281 e. The number of nitrogen functional groups attached to an aromatic ring is 1. The average molecular weight is 261 g/mol. The number of amides is 1. The van der Waals surface area contributed by atoms with Gasteiger partial charge in [-0.05, 0) is 28.5 Å². The van der Waals surface area contributed by atoms with Crippen molar-refractivity contribution in [3.8, 4) is 0 Å². The number of nitrogens with two attached hydrogens (primary N) is 1. The first-order valence-corrected chi connectivity index (χ1v) is 5.84. The maximum Gasteiger partial charge on any atom is 0.281 e. The number of nitrogens with zero attached hydrogens (tertiary/aromatic N) is 3. The van der Waals surface area contributed by atoms with Crippen LogP contribution in [0.15, 0.2) is 28.3 Å². The number of anilines is 2. The van der Waals surface area contributed by atoms with E-state index in [4.69, 9.17) is 5.73 Å². The molecule has 2 heterocycles. The third kappa shape index (κ3) is 1.78. The van der Waals surface area contributed by atoms with Crippen LogP contribution in [-0.2, 0) is 0 Å². The second-order valence-electron chi connectivity index (χ2n) is 3.49. The summed E-state index contributed by atoms with van der Waals surface area (Å²) < 4.78 is 5.35. The summed E-state index contributed by atoms with van der Waals surface area (Å²) >= 11 is 1.50. The van der Waals surface area contributed by atoms with E-state index in [1.807, 2.05) is 12.1 Å². The lowest BCUT2D eigenvalue weighted by atomic mass is 10.3. The van der Waals surface area contributed by atoms with E-state index in [1.54, 1.807) is 11.6 Å². The van der Waals surface area contributed by atoms with Crippen molar-refractivity contribution in [3.05, 3.63) is 29.4 Å². The first-order valence-electron chi connectivity index (χ1n) is 4.96. The molecule has 1 amide bonds. The van der Waals surface area contributed by atoms with Gasteiger partial charge in [-0.1, -0.05) is 0 Å². The lowest BCUT2D eigenvalue weighted by molar-refractivity contribution is 0.101. The van der Waals surface area contributed by atoms with Gasteiger partial charge in [0.05, 0.1) is 15.7 Å². The minimum absolute atomic E-state index is 0.0283. The van der Waals surface area contributed by atoms with E-state index < -0.39 is 5.91 Å². The number of fused-ring (bicyclic) bond motifs is 1. The van der Waals surface area contributed by atoms with Gasteiger partial charge in [0.2, 0.25) is 11.5 Å². The van der Waals surface area contributed by atoms with Crippen molar-refractivity contribution in [2.75, 3.05) is 11.1 Å². The molecule has 2 aromatic heterocycles. The molecule has 3 aromatic rings. The largest absolute Gasteiger partial charge is 0.379 e. The topological polar surface area (TPSA) is 107 Å². The third-order valence-electron chi connectivity index (χ3n) is 2.32. The summed E-state index contributed by atoms with van der Waals surface area (Å²) in [6.45, 7) is 0. The van der Waals surface area contributed by atoms with Crippen molar-refractivity contribution in [2.24, 2.45) is 0 Å². The summed E-state index contributed by atoms with van der Waals surface area (Å²) in [5.74, 6) is -0.496. The molecule has 0 radical (unpaired) electrons. The summed E-state index contributed by atoms with van der Waals surface area (Å²) in [5, 5.41) is 9.44. The zero-order valence-corrected chi connectivity index (χ0v) is 9.77. The number of aromatic nitrogens is 3. The molecule has 0 atom stereocenters. The Labute approximate surface area is 105 Å². The van der Waals surface area contributed by atoms with E-state index in [9.17, 15) is 4.79 Å². The van der Waals surface area contributed by atoms with Crippen LogP contribution in [0.3, 0.4) is 0 Å². The predicted octanol–water partition coefficient (Wildman–Crippen LogP) is 1.51. The average Bonchev–Trinajstić information content (AvgIpc) is 2.96. The van der Waals surface area contributed by atoms with E-state index in [0.717, 1.165) is 10.2 Å². The third-order valence-corrected chi connectivity index (χ3v) is 3.11. The van der Waals surface area contributed by atoms with Gasteiger partial charge in [-0.25, -0.2) is 9.61 Å². The Bertz CT molecular complexity index is 720. The molecule has 7 nitrogen and oxygen atoms in total. The molecule has 3 rings (SSSR count). The highest BCUT2D eigenvalue weighted by molar-refractivity contribution is 7.16. The molecule has 3 N–H and O–H groups in total. The zero-order valence-electron chi connectivity index (χ0n) is 8.95. The van der Waals surface area contributed by atoms with Crippen molar-refractivity contribution in [2.45, 2.75) is 0 Å². The number of nitrogens with one attached hydrogen (secondary N) is 1. The molecule has 1 aromatic carbocycles. The molecule has 0 aliphatic rings. The lowest BCUT2D eigenvalue weighted by Crippen LogP contribution is -2.14. The molecule has 18 heavy (non-hydrogen) atoms. The zero-order chi connectivity index (χ0) is 12.5. The van der Waals surface area contributed by atoms with Crippen LogP contribution in [0.5, 0.6) is 0 Å². The number of rotatable bonds is 2. The Morgan fingerprint density at radius 2 is 2.28 bits per heavy atom. The maximum absolute atomic E-state index is 11.8. The van der Waals surface area contributed by atoms with Gasteiger partial charge < -0.3 is 11.1 Å². The number of carbonyl (C=O) groups is 1. The molecule has 90 valence electrons. The molecule has 0 saturated heterocycles. The Kier molecular flexibility index (Phi) is 2.41. The summed E-state index contributed by atoms with van der Waals surface area (Å²) in [7, 11) is 0. The van der Waals surface area contributed by atoms with Crippen LogP contribution in [0.25, 0.3) is 10.2 Å². The van der Waals surface area contributed by atoms with Crippen LogP contribution in [0, 0.1) is 0 Å². The van der Waals surface area contributed by atoms with Gasteiger partial charge in [0, 0.05) is 5.69 Å². The Balaban J connectivity index is 1.88. The Hall–Kier alpha value is -2.48. The summed E-state index contributed by atoms with van der Waals surface area (Å²) in [5.41, 5.74) is 8.68. The molecule has 0 aliphatic carbocycles. The summed E-state index contributed by atoms with van der Waals surface area (Å²) in [6, 6.07) is 5.41. The van der Waals surface area contributed by atoms with E-state index >= 15 is 0 Å². The van der Waals surface area contributed by atoms with Crippen molar-refractivity contribution < 1.29 is 9.42 Å². The molecule has 0 saturated carbocycles. The molecule has 8 heteroatoms. The van der Waals surface area contributed by atoms with Gasteiger partial charge in [0.1, 0.15) is 0 Å². The number of carbonyl (C=O) groups excluding carboxylic acids is 1. The highest BCUT2D eigenvalue weighted by Gasteiger charge is 2.16. The van der Waals surface area contributed by atoms with Crippen LogP contribution in [0.1, 0.15) is 10.5 Å². The van der Waals surface area contributed by atoms with Crippen LogP contribution in [0.2, 0.25) is 0 Å². The minimum atomic E-state index is -0.461. The minimum Gasteiger partial charge on any atom is -0.379 e. The summed E-state index contributed by atoms with van der Waals surface area (Å²) in [6.07, 6.45) is 0. The van der Waals surface area contributed by atoms with Crippen molar-refractivity contribution in [1.29, 1.82) is 0 Å². The number of hydrogen-bond donors (Lipinski definition) is 2. The molecule has 0 bridgehead atoms. The molecular formula is C10H7N5O2S. The van der Waals surface area contributed by atoms with Gasteiger partial charge in [0.25, 0.3) is 5.91 Å². The molecular weight excluding hydrogens is 254 g/mol. The number of thiazole rings is 1. The van der Waals surface area contributed by atoms with Gasteiger partial charge in [-0.15, -0.1) is 11.3 Å². The van der Waals surface area contributed by atoms with Crippen LogP contribution < -0.4 is 11.1 Å². The van der Waals surface area contributed by atoms with Crippen molar-refractivity contribution in [3.63, 3.8) is 0 Å². The number of hydrogen-bond acceptors (Lipinski definition) is 7. The fraction of sp³-hybridized carbons (Fsp3) is 0. The van der Waals surface area contributed by atoms with E-state index in [2.05, 4.69) is 25.2 Å². The van der Waals surface area contributed by atoms with E-state index in [0.29, 0.717) is 5.69 Å². The molecule has 0 aliphatic heterocycles. The van der Waals surface area contributed by atoms with Gasteiger partial charge in [-0.2, -0.15) is 0 Å². The fourth-order valence-electron chi connectivity index (χ4n) is 1.48. The normalized spacial score (nSPS) is 10.7. The number of benzene rings is 1. The summed E-state index contributed by atoms with van der Waals surface area (Å²) in [4.78, 5) is 16.0. The van der Waals surface area contributed by atoms with Gasteiger partial charge in [-0.3, -0.25) is 4.79 Å². The Morgan fingerprint density at radius 3 is 3.06 bits per heavy atom. The monoisotopic (exact) mass is 261 g/mol. The molecule has 0 unspecified atom stereocenters. The van der Waals surface area contributed by atoms with Crippen molar-refractivity contribution in [1.82, 2.24) is 15.3 Å². The maximum atomic E-state index is 11.8. The van der Waals surface area contributed by atoms with Gasteiger partial charge >= 0.3 is 0 Å². The van der Waals surface area contributed by atoms with Crippen LogP contribution >= 0.6 is 11.3 Å². The van der Waals surface area contributed by atoms with Crippen LogP contribution in [0.4, 0.5) is 11.5 Å². The predicted molar refractivity (Wildman–Crippen MR) is 66.3 cm³/mol. The SMILES string of the molecule is Nc1nonc1C(=O)Nc1ccc2ncsc2c1. The Morgan fingerprint density at radius 1 is 1.39 bits per heavy atom. The highest BCUT2D eigenvalue weighted by Crippen LogP contribution is 2.22. The van der Waals surface area contributed by atoms with Crippen LogP contribution in [-0.4, -0.2) is 21.2 Å². The molecule has 0 fully saturated rings. The lowest BCUT2D eigenvalue weighted by Gasteiger charge is -2.02. The first-order chi connectivity index (χ1) is 8.74. The standard InChI is InChI=1S/C10H7N5O2S/c11-9-8(14-17-15-9)10(16)13-5-1-2-6-7(3-5)18-4-12-6/h1-4H,(H2,11,15)(H,13,16). The van der Waals surface area contributed by atoms with Gasteiger partial charge in [0.15, 0.2) is 0 Å². The second-order valence-corrected chi connectivity index (χ2v) is 4.37. The highest BCUT2D eigenvalue weighted by atomic mass is 32.1. The first kappa shape index (κ1) is 10.7.